The zero-order valence-corrected chi connectivity index (χ0v) is 19.2. The van der Waals surface area contributed by atoms with Gasteiger partial charge in [0, 0.05) is 23.4 Å². The summed E-state index contributed by atoms with van der Waals surface area (Å²) in [6.07, 6.45) is 4.78. The van der Waals surface area contributed by atoms with Crippen LogP contribution in [0.4, 0.5) is 0 Å². The second kappa shape index (κ2) is 8.35. The van der Waals surface area contributed by atoms with Crippen molar-refractivity contribution in [2.24, 2.45) is 5.41 Å². The van der Waals surface area contributed by atoms with Crippen molar-refractivity contribution in [2.75, 3.05) is 26.3 Å². The van der Waals surface area contributed by atoms with Crippen molar-refractivity contribution in [1.82, 2.24) is 14.9 Å². The molecule has 4 rings (SSSR count). The van der Waals surface area contributed by atoms with E-state index in [9.17, 15) is 9.59 Å². The molecule has 1 aliphatic carbocycles. The van der Waals surface area contributed by atoms with Crippen molar-refractivity contribution in [3.8, 4) is 0 Å². The molecule has 0 radical (unpaired) electrons. The molecule has 1 atom stereocenters. The molecule has 2 fully saturated rings. The monoisotopic (exact) mass is 429 g/mol. The quantitative estimate of drug-likeness (QED) is 0.681. The van der Waals surface area contributed by atoms with Crippen LogP contribution in [-0.4, -0.2) is 52.9 Å². The summed E-state index contributed by atoms with van der Waals surface area (Å²) in [6, 6.07) is 2.15. The van der Waals surface area contributed by atoms with Crippen molar-refractivity contribution in [3.63, 3.8) is 0 Å². The highest BCUT2D eigenvalue weighted by Gasteiger charge is 2.35. The van der Waals surface area contributed by atoms with E-state index in [-0.39, 0.29) is 11.7 Å². The van der Waals surface area contributed by atoms with Gasteiger partial charge in [0.15, 0.2) is 0 Å². The normalized spacial score (nSPS) is 21.0. The van der Waals surface area contributed by atoms with Crippen LogP contribution in [0.3, 0.4) is 0 Å². The molecule has 1 saturated heterocycles. The second-order valence-corrected chi connectivity index (χ2v) is 10.5. The van der Waals surface area contributed by atoms with E-state index in [2.05, 4.69) is 29.9 Å². The summed E-state index contributed by atoms with van der Waals surface area (Å²) in [6.45, 7) is 10.1. The van der Waals surface area contributed by atoms with E-state index in [0.29, 0.717) is 49.2 Å². The highest BCUT2D eigenvalue weighted by atomic mass is 32.1. The molecule has 1 aliphatic heterocycles. The molecule has 0 N–H and O–H groups in total. The number of ether oxygens (including phenoxy) is 1. The minimum atomic E-state index is -0.875. The Kier molecular flexibility index (Phi) is 5.95. The first-order chi connectivity index (χ1) is 14.2. The van der Waals surface area contributed by atoms with Crippen molar-refractivity contribution >= 4 is 33.2 Å². The first-order valence-electron chi connectivity index (χ1n) is 10.9. The molecule has 30 heavy (non-hydrogen) atoms. The van der Waals surface area contributed by atoms with Crippen molar-refractivity contribution < 1.29 is 14.3 Å². The summed E-state index contributed by atoms with van der Waals surface area (Å²) < 4.78 is 5.37. The molecular formula is C23H31N3O3S. The van der Waals surface area contributed by atoms with Crippen LogP contribution >= 0.6 is 11.3 Å². The number of Topliss-reactive ketones (excluding diaryl/α,β-unsaturated/α-hetero) is 1. The Morgan fingerprint density at radius 2 is 1.87 bits per heavy atom. The van der Waals surface area contributed by atoms with E-state index in [1.54, 1.807) is 16.2 Å². The molecule has 1 unspecified atom stereocenters. The number of morpholine rings is 1. The Bertz CT molecular complexity index is 952. The maximum atomic E-state index is 13.3. The van der Waals surface area contributed by atoms with E-state index < -0.39 is 5.92 Å². The predicted octanol–water partition coefficient (Wildman–Crippen LogP) is 4.21. The van der Waals surface area contributed by atoms with Crippen LogP contribution in [0.15, 0.2) is 6.07 Å². The largest absolute Gasteiger partial charge is 0.378 e. The maximum absolute atomic E-state index is 13.3. The number of aryl methyl sites for hydroxylation is 1. The fourth-order valence-electron chi connectivity index (χ4n) is 4.63. The van der Waals surface area contributed by atoms with E-state index in [1.807, 2.05) is 6.92 Å². The van der Waals surface area contributed by atoms with Crippen LogP contribution in [-0.2, 0) is 14.3 Å². The summed E-state index contributed by atoms with van der Waals surface area (Å²) in [5.74, 6) is -0.0803. The Balaban J connectivity index is 1.71. The molecule has 7 heteroatoms. The lowest BCUT2D eigenvalue weighted by Gasteiger charge is -2.33. The highest BCUT2D eigenvalue weighted by molar-refractivity contribution is 7.18. The fourth-order valence-corrected chi connectivity index (χ4v) is 5.88. The lowest BCUT2D eigenvalue weighted by Crippen LogP contribution is -2.44. The highest BCUT2D eigenvalue weighted by Crippen LogP contribution is 2.45. The number of ketones is 1. The Morgan fingerprint density at radius 1 is 1.20 bits per heavy atom. The van der Waals surface area contributed by atoms with Gasteiger partial charge in [-0.05, 0) is 56.9 Å². The van der Waals surface area contributed by atoms with Gasteiger partial charge in [-0.15, -0.1) is 11.3 Å². The van der Waals surface area contributed by atoms with Gasteiger partial charge in [0.2, 0.25) is 5.91 Å². The molecule has 2 aliphatic rings. The number of rotatable bonds is 4. The zero-order chi connectivity index (χ0) is 21.5. The van der Waals surface area contributed by atoms with Crippen LogP contribution in [0.1, 0.15) is 74.7 Å². The smallest absolute Gasteiger partial charge is 0.239 e. The topological polar surface area (TPSA) is 72.4 Å². The standard InChI is InChI=1S/C23H31N3O3S/c1-14(27)19(22(28)26-9-11-29-12-10-26)20-17-13-18(30-21(17)25-15(2)24-20)16-5-7-23(3,4)8-6-16/h13,16,19H,5-12H2,1-4H3. The number of hydrogen-bond donors (Lipinski definition) is 0. The van der Waals surface area contributed by atoms with Crippen LogP contribution in [0, 0.1) is 12.3 Å². The number of carbonyl (C=O) groups is 2. The number of hydrogen-bond acceptors (Lipinski definition) is 6. The summed E-state index contributed by atoms with van der Waals surface area (Å²) in [5, 5.41) is 0.868. The van der Waals surface area contributed by atoms with Crippen LogP contribution < -0.4 is 0 Å². The molecule has 0 aromatic carbocycles. The number of aromatic nitrogens is 2. The summed E-state index contributed by atoms with van der Waals surface area (Å²) in [5.41, 5.74) is 0.985. The van der Waals surface area contributed by atoms with Gasteiger partial charge in [-0.2, -0.15) is 0 Å². The molecule has 1 saturated carbocycles. The van der Waals surface area contributed by atoms with E-state index in [4.69, 9.17) is 4.74 Å². The second-order valence-electron chi connectivity index (χ2n) is 9.44. The van der Waals surface area contributed by atoms with Crippen LogP contribution in [0.2, 0.25) is 0 Å². The predicted molar refractivity (Wildman–Crippen MR) is 118 cm³/mol. The van der Waals surface area contributed by atoms with E-state index in [0.717, 1.165) is 10.2 Å². The third-order valence-electron chi connectivity index (χ3n) is 6.54. The minimum absolute atomic E-state index is 0.168. The van der Waals surface area contributed by atoms with Gasteiger partial charge in [0.1, 0.15) is 22.4 Å². The molecular weight excluding hydrogens is 398 g/mol. The lowest BCUT2D eigenvalue weighted by atomic mass is 9.73. The third kappa shape index (κ3) is 4.28. The summed E-state index contributed by atoms with van der Waals surface area (Å²) >= 11 is 1.70. The maximum Gasteiger partial charge on any atom is 0.239 e. The van der Waals surface area contributed by atoms with Gasteiger partial charge < -0.3 is 9.64 Å². The molecule has 162 valence electrons. The molecule has 0 spiro atoms. The van der Waals surface area contributed by atoms with Gasteiger partial charge in [0.05, 0.1) is 18.9 Å². The number of thiophene rings is 1. The molecule has 1 amide bonds. The van der Waals surface area contributed by atoms with Gasteiger partial charge in [0.25, 0.3) is 0 Å². The van der Waals surface area contributed by atoms with Crippen LogP contribution in [0.25, 0.3) is 10.2 Å². The molecule has 2 aromatic rings. The van der Waals surface area contributed by atoms with Crippen LogP contribution in [0.5, 0.6) is 0 Å². The third-order valence-corrected chi connectivity index (χ3v) is 7.74. The first kappa shape index (κ1) is 21.4. The summed E-state index contributed by atoms with van der Waals surface area (Å²) in [4.78, 5) is 39.1. The minimum Gasteiger partial charge on any atom is -0.378 e. The van der Waals surface area contributed by atoms with Crippen molar-refractivity contribution in [1.29, 1.82) is 0 Å². The van der Waals surface area contributed by atoms with Gasteiger partial charge >= 0.3 is 0 Å². The van der Waals surface area contributed by atoms with Crippen molar-refractivity contribution in [3.05, 3.63) is 22.5 Å². The van der Waals surface area contributed by atoms with Gasteiger partial charge in [-0.1, -0.05) is 13.8 Å². The molecule has 6 nitrogen and oxygen atoms in total. The Labute approximate surface area is 182 Å². The molecule has 0 bridgehead atoms. The van der Waals surface area contributed by atoms with Gasteiger partial charge in [-0.25, -0.2) is 9.97 Å². The number of nitrogens with zero attached hydrogens (tertiary/aromatic N) is 3. The average Bonchev–Trinajstić information content (AvgIpc) is 3.12. The van der Waals surface area contributed by atoms with Crippen molar-refractivity contribution in [2.45, 2.75) is 65.2 Å². The Hall–Kier alpha value is -1.86. The SMILES string of the molecule is CC(=O)C(C(=O)N1CCOCC1)c1nc(C)nc2sc(C3CCC(C)(C)CC3)cc12. The first-order valence-corrected chi connectivity index (χ1v) is 11.7. The number of amides is 1. The zero-order valence-electron chi connectivity index (χ0n) is 18.4. The van der Waals surface area contributed by atoms with Gasteiger partial charge in [-0.3, -0.25) is 9.59 Å². The number of fused-ring (bicyclic) bond motifs is 1. The fraction of sp³-hybridized carbons (Fsp3) is 0.652. The Morgan fingerprint density at radius 3 is 2.50 bits per heavy atom. The molecule has 2 aromatic heterocycles. The molecule has 3 heterocycles. The number of carbonyl (C=O) groups excluding carboxylic acids is 2. The lowest BCUT2D eigenvalue weighted by molar-refractivity contribution is -0.140. The average molecular weight is 430 g/mol. The van der Waals surface area contributed by atoms with E-state index in [1.165, 1.54) is 37.5 Å². The van der Waals surface area contributed by atoms with E-state index >= 15 is 0 Å². The summed E-state index contributed by atoms with van der Waals surface area (Å²) in [7, 11) is 0.